The molecular formula is C31H35Cl2HfSi. The fourth-order valence-electron chi connectivity index (χ4n) is 6.29. The molecule has 181 valence electrons. The van der Waals surface area contributed by atoms with Crippen molar-refractivity contribution in [1.29, 1.82) is 0 Å². The second-order valence-electron chi connectivity index (χ2n) is 11.8. The molecule has 0 bridgehead atoms. The Morgan fingerprint density at radius 2 is 1.49 bits per heavy atom. The molecule has 0 saturated heterocycles. The molecule has 5 rings (SSSR count). The Bertz CT molecular complexity index is 1360. The van der Waals surface area contributed by atoms with Crippen LogP contribution in [0.3, 0.4) is 0 Å². The van der Waals surface area contributed by atoms with Crippen LogP contribution in [0.2, 0.25) is 13.1 Å². The summed E-state index contributed by atoms with van der Waals surface area (Å²) in [5, 5.41) is 0. The van der Waals surface area contributed by atoms with Gasteiger partial charge in [0.2, 0.25) is 0 Å². The first-order valence-electron chi connectivity index (χ1n) is 12.7. The van der Waals surface area contributed by atoms with Crippen LogP contribution in [0.15, 0.2) is 78.4 Å². The van der Waals surface area contributed by atoms with Gasteiger partial charge in [-0.2, -0.15) is 0 Å². The number of fused-ring (bicyclic) bond motifs is 2. The maximum atomic E-state index is 8.12. The van der Waals surface area contributed by atoms with Crippen LogP contribution in [0.1, 0.15) is 62.9 Å². The monoisotopic (exact) mass is 685 g/mol. The number of hydrogen-bond acceptors (Lipinski definition) is 0. The van der Waals surface area contributed by atoms with Crippen molar-refractivity contribution in [2.75, 3.05) is 0 Å². The van der Waals surface area contributed by atoms with E-state index in [-0.39, 0.29) is 12.8 Å². The molecule has 0 aromatic heterocycles. The van der Waals surface area contributed by atoms with E-state index < -0.39 is 21.3 Å². The third kappa shape index (κ3) is 3.95. The Morgan fingerprint density at radius 1 is 0.829 bits per heavy atom. The molecule has 0 spiro atoms. The van der Waals surface area contributed by atoms with Gasteiger partial charge in [0.1, 0.15) is 0 Å². The average Bonchev–Trinajstić information content (AvgIpc) is 3.40. The molecule has 3 aromatic rings. The second-order valence-corrected chi connectivity index (χ2v) is 71.2. The quantitative estimate of drug-likeness (QED) is 0.240. The van der Waals surface area contributed by atoms with E-state index in [0.29, 0.717) is 0 Å². The van der Waals surface area contributed by atoms with Crippen molar-refractivity contribution >= 4 is 35.3 Å². The molecular weight excluding hydrogens is 650 g/mol. The Morgan fingerprint density at radius 3 is 2.14 bits per heavy atom. The molecule has 2 atom stereocenters. The van der Waals surface area contributed by atoms with Gasteiger partial charge in [0, 0.05) is 0 Å². The van der Waals surface area contributed by atoms with E-state index in [9.17, 15) is 0 Å². The van der Waals surface area contributed by atoms with Crippen molar-refractivity contribution in [1.82, 2.24) is 0 Å². The first-order chi connectivity index (χ1) is 16.4. The van der Waals surface area contributed by atoms with E-state index in [2.05, 4.69) is 126 Å². The van der Waals surface area contributed by atoms with Crippen molar-refractivity contribution in [2.24, 2.45) is 0 Å². The molecule has 35 heavy (non-hydrogen) atoms. The number of rotatable bonds is 4. The molecule has 0 N–H and O–H groups in total. The van der Waals surface area contributed by atoms with E-state index in [1.807, 2.05) is 0 Å². The van der Waals surface area contributed by atoms with Gasteiger partial charge in [-0.25, -0.2) is 0 Å². The summed E-state index contributed by atoms with van der Waals surface area (Å²) >= 11 is -4.59. The number of allylic oxidation sites excluding steroid dienone is 2. The van der Waals surface area contributed by atoms with Crippen molar-refractivity contribution in [3.05, 3.63) is 106 Å². The number of benzene rings is 3. The minimum atomic E-state index is -4.59. The topological polar surface area (TPSA) is 0 Å². The van der Waals surface area contributed by atoms with Crippen LogP contribution in [0.25, 0.3) is 23.3 Å². The van der Waals surface area contributed by atoms with Crippen LogP contribution >= 0.6 is 17.2 Å². The minimum absolute atomic E-state index is 0.143. The van der Waals surface area contributed by atoms with Crippen molar-refractivity contribution in [3.8, 4) is 11.1 Å². The third-order valence-corrected chi connectivity index (χ3v) is 81.7. The van der Waals surface area contributed by atoms with Gasteiger partial charge in [0.15, 0.2) is 0 Å². The van der Waals surface area contributed by atoms with Gasteiger partial charge in [-0.3, -0.25) is 0 Å². The van der Waals surface area contributed by atoms with E-state index >= 15 is 0 Å². The van der Waals surface area contributed by atoms with Crippen molar-refractivity contribution in [3.63, 3.8) is 0 Å². The molecule has 2 aliphatic rings. The standard InChI is InChI=1S/C20H21.C9H7.C2H7Si.2ClH.Hf/c1-14-12-16-6-5-7-18(19(16)13-14)15-8-10-17(11-9-15)20(2,3)4;1-2-5-9-7-3-6-8(9)4-1;1-3-2;;;/h5-13H,1-4H3;1-7H;3H,1-2H3;2*1H;/q;;;;;+2/p-2. The maximum absolute atomic E-state index is 8.12. The molecule has 0 heterocycles. The van der Waals surface area contributed by atoms with Crippen molar-refractivity contribution in [2.45, 2.75) is 53.6 Å². The zero-order chi connectivity index (χ0) is 25.2. The summed E-state index contributed by atoms with van der Waals surface area (Å²) in [4.78, 5) is 0. The summed E-state index contributed by atoms with van der Waals surface area (Å²) in [6, 6.07) is 24.5. The Balaban J connectivity index is 1.66. The van der Waals surface area contributed by atoms with Gasteiger partial charge in [0.05, 0.1) is 0 Å². The van der Waals surface area contributed by atoms with Gasteiger partial charge < -0.3 is 0 Å². The predicted molar refractivity (Wildman–Crippen MR) is 156 cm³/mol. The van der Waals surface area contributed by atoms with Crippen LogP contribution in [0, 0.1) is 0 Å². The Labute approximate surface area is 219 Å². The molecule has 3 aromatic carbocycles. The van der Waals surface area contributed by atoms with Crippen LogP contribution in [-0.2, 0) is 20.7 Å². The predicted octanol–water partition coefficient (Wildman–Crippen LogP) is 9.86. The van der Waals surface area contributed by atoms with Gasteiger partial charge >= 0.3 is 221 Å². The SMILES string of the molecule is CC1=Cc2c(-c3ccc(C(C)(C)C)cc3)cccc2[CH]1[Hf]([Cl])([Cl])([CH]1C=Cc2ccccc21)[SiH](C)C. The van der Waals surface area contributed by atoms with Crippen LogP contribution in [0.5, 0.6) is 0 Å². The van der Waals surface area contributed by atoms with E-state index in [1.165, 1.54) is 44.5 Å². The van der Waals surface area contributed by atoms with E-state index in [4.69, 9.17) is 17.2 Å². The summed E-state index contributed by atoms with van der Waals surface area (Å²) in [6.07, 6.45) is 6.97. The third-order valence-electron chi connectivity index (χ3n) is 8.39. The number of hydrogen-bond donors (Lipinski definition) is 0. The zero-order valence-corrected chi connectivity index (χ0v) is 27.8. The summed E-state index contributed by atoms with van der Waals surface area (Å²) in [6.45, 7) is 13.8. The Hall–Kier alpha value is -1.19. The molecule has 0 radical (unpaired) electrons. The average molecular weight is 685 g/mol. The molecule has 0 aliphatic heterocycles. The zero-order valence-electron chi connectivity index (χ0n) is 21.6. The fraction of sp³-hybridized carbons (Fsp3) is 0.290. The normalized spacial score (nSPS) is 20.4. The summed E-state index contributed by atoms with van der Waals surface area (Å²) in [7, 11) is 16.2. The van der Waals surface area contributed by atoms with E-state index in [0.717, 1.165) is 0 Å². The molecule has 4 heteroatoms. The second kappa shape index (κ2) is 8.69. The van der Waals surface area contributed by atoms with Crippen LogP contribution < -0.4 is 0 Å². The van der Waals surface area contributed by atoms with Gasteiger partial charge in [-0.15, -0.1) is 0 Å². The Kier molecular flexibility index (Phi) is 6.32. The molecule has 0 saturated carbocycles. The first kappa shape index (κ1) is 25.5. The summed E-state index contributed by atoms with van der Waals surface area (Å²) < 4.78 is 0.332. The molecule has 2 unspecified atom stereocenters. The summed E-state index contributed by atoms with van der Waals surface area (Å²) in [5.74, 6) is -1.44. The first-order valence-corrected chi connectivity index (χ1v) is 34.9. The van der Waals surface area contributed by atoms with Crippen LogP contribution in [0.4, 0.5) is 0 Å². The summed E-state index contributed by atoms with van der Waals surface area (Å²) in [5.41, 5.74) is 10.7. The van der Waals surface area contributed by atoms with Gasteiger partial charge in [-0.1, -0.05) is 0 Å². The molecule has 0 nitrogen and oxygen atoms in total. The van der Waals surface area contributed by atoms with E-state index in [1.54, 1.807) is 0 Å². The van der Waals surface area contributed by atoms with Crippen molar-refractivity contribution < 1.29 is 15.3 Å². The molecule has 0 amide bonds. The van der Waals surface area contributed by atoms with Gasteiger partial charge in [0.25, 0.3) is 0 Å². The van der Waals surface area contributed by atoms with Crippen LogP contribution in [-0.4, -0.2) is 5.98 Å². The fourth-order valence-corrected chi connectivity index (χ4v) is 49.0. The molecule has 0 fully saturated rings. The number of halogens is 2. The van der Waals surface area contributed by atoms with Gasteiger partial charge in [-0.05, 0) is 0 Å². The molecule has 2 aliphatic carbocycles.